The molecule has 0 radical (unpaired) electrons. The minimum absolute atomic E-state index is 0.0389. The number of fused-ring (bicyclic) bond motifs is 1. The van der Waals surface area contributed by atoms with Gasteiger partial charge in [-0.15, -0.1) is 0 Å². The van der Waals surface area contributed by atoms with Gasteiger partial charge in [0.1, 0.15) is 0 Å². The van der Waals surface area contributed by atoms with Crippen molar-refractivity contribution < 1.29 is 9.59 Å². The monoisotopic (exact) mass is 387 g/mol. The summed E-state index contributed by atoms with van der Waals surface area (Å²) in [7, 11) is 0. The van der Waals surface area contributed by atoms with Crippen LogP contribution in [0.3, 0.4) is 0 Å². The summed E-state index contributed by atoms with van der Waals surface area (Å²) in [5.74, 6) is 2.50. The summed E-state index contributed by atoms with van der Waals surface area (Å²) in [5.41, 5.74) is -0.356. The zero-order chi connectivity index (χ0) is 19.5. The van der Waals surface area contributed by atoms with E-state index < -0.39 is 5.54 Å². The van der Waals surface area contributed by atoms with Crippen LogP contribution < -0.4 is 0 Å². The quantitative estimate of drug-likeness (QED) is 0.745. The van der Waals surface area contributed by atoms with Gasteiger partial charge in [0.25, 0.3) is 0 Å². The van der Waals surface area contributed by atoms with Crippen LogP contribution in [0.4, 0.5) is 0 Å². The molecular weight excluding hydrogens is 350 g/mol. The molecule has 3 aliphatic heterocycles. The van der Waals surface area contributed by atoms with Crippen molar-refractivity contribution in [2.45, 2.75) is 70.8 Å². The standard InChI is InChI=1S/C23H37N3O2/c1-22(2,26-11-4-3-5-12-26)20(27)25-14-17-8-13-24(15-18(17)16-25)21(28)23(9-10-23)19-6-7-19/h17-19H,3-16H2,1-2H3/t17-,18+/m0/s1. The molecule has 0 bridgehead atoms. The Hall–Kier alpha value is -1.10. The number of hydrogen-bond acceptors (Lipinski definition) is 3. The highest BCUT2D eigenvalue weighted by Crippen LogP contribution is 2.62. The maximum Gasteiger partial charge on any atom is 0.242 e. The number of carbonyl (C=O) groups excluding carboxylic acids is 2. The van der Waals surface area contributed by atoms with Gasteiger partial charge in [-0.2, -0.15) is 0 Å². The van der Waals surface area contributed by atoms with Gasteiger partial charge in [0.05, 0.1) is 11.0 Å². The van der Waals surface area contributed by atoms with E-state index in [1.54, 1.807) is 0 Å². The number of rotatable bonds is 4. The van der Waals surface area contributed by atoms with Crippen LogP contribution in [0.15, 0.2) is 0 Å². The summed E-state index contributed by atoms with van der Waals surface area (Å²) >= 11 is 0. The average Bonchev–Trinajstić information content (AvgIpc) is 3.62. The van der Waals surface area contributed by atoms with Crippen molar-refractivity contribution in [3.63, 3.8) is 0 Å². The Balaban J connectivity index is 1.22. The van der Waals surface area contributed by atoms with Crippen LogP contribution in [0.2, 0.25) is 0 Å². The highest BCUT2D eigenvalue weighted by Gasteiger charge is 2.61. The number of carbonyl (C=O) groups is 2. The van der Waals surface area contributed by atoms with E-state index in [1.807, 2.05) is 0 Å². The Kier molecular flexibility index (Phi) is 4.53. The fourth-order valence-corrected chi connectivity index (χ4v) is 6.38. The topological polar surface area (TPSA) is 43.9 Å². The predicted molar refractivity (Wildman–Crippen MR) is 109 cm³/mol. The Morgan fingerprint density at radius 1 is 0.821 bits per heavy atom. The van der Waals surface area contributed by atoms with Gasteiger partial charge in [-0.05, 0) is 89.6 Å². The maximum atomic E-state index is 13.4. The predicted octanol–water partition coefficient (Wildman–Crippen LogP) is 2.75. The zero-order valence-corrected chi connectivity index (χ0v) is 17.8. The second-order valence-corrected chi connectivity index (χ2v) is 10.8. The minimum atomic E-state index is -0.395. The molecule has 0 aromatic heterocycles. The lowest BCUT2D eigenvalue weighted by molar-refractivity contribution is -0.142. The Morgan fingerprint density at radius 3 is 2.11 bits per heavy atom. The maximum absolute atomic E-state index is 13.4. The first-order valence-electron chi connectivity index (χ1n) is 11.8. The SMILES string of the molecule is CC(C)(C(=O)N1C[C@H]2CN(C(=O)C3(C4CC4)CC3)CC[C@H]2C1)N1CCCCC1. The molecule has 2 atom stereocenters. The first-order valence-corrected chi connectivity index (χ1v) is 11.8. The van der Waals surface area contributed by atoms with Gasteiger partial charge in [0.2, 0.25) is 11.8 Å². The molecule has 3 heterocycles. The Bertz CT molecular complexity index is 646. The molecule has 156 valence electrons. The molecule has 5 heteroatoms. The van der Waals surface area contributed by atoms with Gasteiger partial charge < -0.3 is 9.80 Å². The number of piperidine rings is 2. The molecule has 0 spiro atoms. The lowest BCUT2D eigenvalue weighted by Gasteiger charge is -2.41. The molecule has 0 unspecified atom stereocenters. The molecule has 5 rings (SSSR count). The van der Waals surface area contributed by atoms with Crippen LogP contribution in [-0.4, -0.2) is 71.3 Å². The first kappa shape index (κ1) is 18.9. The van der Waals surface area contributed by atoms with E-state index in [0.717, 1.165) is 58.5 Å². The molecule has 5 nitrogen and oxygen atoms in total. The molecule has 0 aromatic carbocycles. The second kappa shape index (κ2) is 6.72. The summed E-state index contributed by atoms with van der Waals surface area (Å²) < 4.78 is 0. The molecule has 0 N–H and O–H groups in total. The molecular formula is C23H37N3O2. The normalized spacial score (nSPS) is 32.9. The van der Waals surface area contributed by atoms with E-state index in [1.165, 1.54) is 32.1 Å². The Morgan fingerprint density at radius 2 is 1.46 bits per heavy atom. The van der Waals surface area contributed by atoms with Crippen LogP contribution in [0.25, 0.3) is 0 Å². The number of amides is 2. The fraction of sp³-hybridized carbons (Fsp3) is 0.913. The second-order valence-electron chi connectivity index (χ2n) is 10.8. The highest BCUT2D eigenvalue weighted by molar-refractivity contribution is 5.87. The van der Waals surface area contributed by atoms with E-state index in [9.17, 15) is 9.59 Å². The van der Waals surface area contributed by atoms with E-state index in [2.05, 4.69) is 28.5 Å². The van der Waals surface area contributed by atoms with E-state index >= 15 is 0 Å². The van der Waals surface area contributed by atoms with Gasteiger partial charge in [-0.1, -0.05) is 6.42 Å². The molecule has 5 fully saturated rings. The lowest BCUT2D eigenvalue weighted by Crippen LogP contribution is -2.57. The highest BCUT2D eigenvalue weighted by atomic mass is 16.2. The van der Waals surface area contributed by atoms with E-state index in [-0.39, 0.29) is 5.41 Å². The minimum Gasteiger partial charge on any atom is -0.342 e. The van der Waals surface area contributed by atoms with E-state index in [4.69, 9.17) is 0 Å². The Labute approximate surface area is 169 Å². The summed E-state index contributed by atoms with van der Waals surface area (Å²) in [6.45, 7) is 9.86. The number of hydrogen-bond donors (Lipinski definition) is 0. The molecule has 28 heavy (non-hydrogen) atoms. The van der Waals surface area contributed by atoms with Crippen molar-refractivity contribution in [3.05, 3.63) is 0 Å². The van der Waals surface area contributed by atoms with Crippen molar-refractivity contribution >= 4 is 11.8 Å². The fourth-order valence-electron chi connectivity index (χ4n) is 6.38. The van der Waals surface area contributed by atoms with Crippen molar-refractivity contribution in [3.8, 4) is 0 Å². The van der Waals surface area contributed by atoms with Crippen LogP contribution in [-0.2, 0) is 9.59 Å². The zero-order valence-electron chi connectivity index (χ0n) is 17.8. The van der Waals surface area contributed by atoms with E-state index in [0.29, 0.717) is 29.6 Å². The molecule has 3 saturated heterocycles. The van der Waals surface area contributed by atoms with Gasteiger partial charge >= 0.3 is 0 Å². The third-order valence-electron chi connectivity index (χ3n) is 8.62. The van der Waals surface area contributed by atoms with Crippen LogP contribution in [0.1, 0.15) is 65.2 Å². The van der Waals surface area contributed by atoms with Crippen LogP contribution >= 0.6 is 0 Å². The third kappa shape index (κ3) is 3.09. The third-order valence-corrected chi connectivity index (χ3v) is 8.62. The number of nitrogens with zero attached hydrogens (tertiary/aromatic N) is 3. The molecule has 0 aromatic rings. The van der Waals surface area contributed by atoms with Gasteiger partial charge in [0.15, 0.2) is 0 Å². The van der Waals surface area contributed by atoms with Gasteiger partial charge in [-0.3, -0.25) is 14.5 Å². The van der Waals surface area contributed by atoms with Gasteiger partial charge in [0, 0.05) is 26.2 Å². The molecule has 5 aliphatic rings. The van der Waals surface area contributed by atoms with Gasteiger partial charge in [-0.25, -0.2) is 0 Å². The summed E-state index contributed by atoms with van der Waals surface area (Å²) in [5, 5.41) is 0. The largest absolute Gasteiger partial charge is 0.342 e. The summed E-state index contributed by atoms with van der Waals surface area (Å²) in [6, 6.07) is 0. The van der Waals surface area contributed by atoms with Crippen molar-refractivity contribution in [2.75, 3.05) is 39.3 Å². The molecule has 2 saturated carbocycles. The van der Waals surface area contributed by atoms with Crippen LogP contribution in [0, 0.1) is 23.2 Å². The van der Waals surface area contributed by atoms with Crippen molar-refractivity contribution in [2.24, 2.45) is 23.2 Å². The molecule has 2 amide bonds. The van der Waals surface area contributed by atoms with Crippen molar-refractivity contribution in [1.29, 1.82) is 0 Å². The average molecular weight is 388 g/mol. The number of likely N-dealkylation sites (tertiary alicyclic amines) is 3. The smallest absolute Gasteiger partial charge is 0.242 e. The van der Waals surface area contributed by atoms with Crippen LogP contribution in [0.5, 0.6) is 0 Å². The lowest BCUT2D eigenvalue weighted by atomic mass is 9.87. The van der Waals surface area contributed by atoms with Crippen molar-refractivity contribution in [1.82, 2.24) is 14.7 Å². The summed E-state index contributed by atoms with van der Waals surface area (Å²) in [4.78, 5) is 33.3. The first-order chi connectivity index (χ1) is 13.4. The summed E-state index contributed by atoms with van der Waals surface area (Å²) in [6.07, 6.45) is 9.56. The molecule has 2 aliphatic carbocycles.